The van der Waals surface area contributed by atoms with Crippen LogP contribution in [0.5, 0.6) is 5.75 Å². The first-order valence-corrected chi connectivity index (χ1v) is 11.3. The smallest absolute Gasteiger partial charge is 0.243 e. The van der Waals surface area contributed by atoms with Crippen LogP contribution < -0.4 is 10.1 Å². The lowest BCUT2D eigenvalue weighted by Crippen LogP contribution is -2.37. The molecule has 0 saturated carbocycles. The van der Waals surface area contributed by atoms with Crippen LogP contribution in [0.25, 0.3) is 11.0 Å². The number of nitrogens with one attached hydrogen (secondary N) is 1. The van der Waals surface area contributed by atoms with Crippen LogP contribution in [0.15, 0.2) is 78.9 Å². The molecule has 4 rings (SSSR count). The maximum Gasteiger partial charge on any atom is 0.243 e. The van der Waals surface area contributed by atoms with Crippen molar-refractivity contribution in [2.75, 3.05) is 18.9 Å². The summed E-state index contributed by atoms with van der Waals surface area (Å²) in [5.74, 6) is 0.949. The average Bonchev–Trinajstić information content (AvgIpc) is 3.20. The molecule has 1 heterocycles. The van der Waals surface area contributed by atoms with Crippen LogP contribution in [0.3, 0.4) is 0 Å². The Morgan fingerprint density at radius 3 is 2.47 bits per heavy atom. The molecule has 0 bridgehead atoms. The van der Waals surface area contributed by atoms with E-state index in [1.165, 1.54) is 4.90 Å². The fraction of sp³-hybridized carbons (Fsp3) is 0.222. The van der Waals surface area contributed by atoms with Crippen molar-refractivity contribution < 1.29 is 14.3 Å². The molecule has 3 aromatic carbocycles. The summed E-state index contributed by atoms with van der Waals surface area (Å²) in [7, 11) is 1.63. The lowest BCUT2D eigenvalue weighted by atomic mass is 10.1. The van der Waals surface area contributed by atoms with E-state index in [0.29, 0.717) is 5.82 Å². The Morgan fingerprint density at radius 1 is 0.971 bits per heavy atom. The van der Waals surface area contributed by atoms with E-state index in [2.05, 4.69) is 10.3 Å². The Bertz CT molecular complexity index is 1280. The van der Waals surface area contributed by atoms with E-state index in [1.807, 2.05) is 90.4 Å². The van der Waals surface area contributed by atoms with Gasteiger partial charge in [-0.25, -0.2) is 4.98 Å². The Labute approximate surface area is 199 Å². The molecule has 0 atom stereocenters. The number of hydrogen-bond donors (Lipinski definition) is 1. The van der Waals surface area contributed by atoms with Gasteiger partial charge in [-0.05, 0) is 42.3 Å². The van der Waals surface area contributed by atoms with E-state index >= 15 is 0 Å². The highest BCUT2D eigenvalue weighted by atomic mass is 16.5. The second kappa shape index (κ2) is 10.7. The highest BCUT2D eigenvalue weighted by molar-refractivity contribution is 5.95. The van der Waals surface area contributed by atoms with Crippen molar-refractivity contribution in [3.05, 3.63) is 90.3 Å². The fourth-order valence-electron chi connectivity index (χ4n) is 3.78. The van der Waals surface area contributed by atoms with Crippen molar-refractivity contribution in [2.24, 2.45) is 0 Å². The van der Waals surface area contributed by atoms with E-state index in [-0.39, 0.29) is 31.5 Å². The highest BCUT2D eigenvalue weighted by Gasteiger charge is 2.18. The number of aromatic nitrogens is 2. The van der Waals surface area contributed by atoms with Crippen LogP contribution in [0.4, 0.5) is 5.69 Å². The molecule has 0 fully saturated rings. The molecule has 2 amide bonds. The second-order valence-corrected chi connectivity index (χ2v) is 8.01. The predicted molar refractivity (Wildman–Crippen MR) is 133 cm³/mol. The zero-order chi connectivity index (χ0) is 23.9. The number of rotatable bonds is 9. The topological polar surface area (TPSA) is 76.5 Å². The monoisotopic (exact) mass is 456 g/mol. The van der Waals surface area contributed by atoms with Gasteiger partial charge in [-0.2, -0.15) is 0 Å². The molecule has 4 aromatic rings. The molecule has 7 nitrogen and oxygen atoms in total. The van der Waals surface area contributed by atoms with Gasteiger partial charge in [0.2, 0.25) is 11.8 Å². The summed E-state index contributed by atoms with van der Waals surface area (Å²) in [6.45, 7) is 2.28. The number of benzene rings is 3. The van der Waals surface area contributed by atoms with E-state index in [4.69, 9.17) is 4.74 Å². The van der Waals surface area contributed by atoms with Gasteiger partial charge in [0.15, 0.2) is 0 Å². The number of likely N-dealkylation sites (N-methyl/N-ethyl adjacent to an activating group) is 1. The summed E-state index contributed by atoms with van der Waals surface area (Å²) in [6, 6.07) is 24.8. The van der Waals surface area contributed by atoms with Crippen molar-refractivity contribution in [3.63, 3.8) is 0 Å². The molecule has 0 unspecified atom stereocenters. The summed E-state index contributed by atoms with van der Waals surface area (Å²) < 4.78 is 7.73. The number of hydrogen-bond acceptors (Lipinski definition) is 4. The zero-order valence-electron chi connectivity index (χ0n) is 19.4. The minimum absolute atomic E-state index is 0.0423. The number of carbonyl (C=O) groups is 2. The van der Waals surface area contributed by atoms with Gasteiger partial charge in [0.25, 0.3) is 0 Å². The van der Waals surface area contributed by atoms with Crippen LogP contribution in [0, 0.1) is 0 Å². The molecule has 34 heavy (non-hydrogen) atoms. The summed E-state index contributed by atoms with van der Waals surface area (Å²) >= 11 is 0. The van der Waals surface area contributed by atoms with Crippen molar-refractivity contribution in [1.82, 2.24) is 14.5 Å². The number of para-hydroxylation sites is 4. The van der Waals surface area contributed by atoms with Gasteiger partial charge in [0.05, 0.1) is 17.6 Å². The van der Waals surface area contributed by atoms with Crippen LogP contribution in [0.2, 0.25) is 0 Å². The summed E-state index contributed by atoms with van der Waals surface area (Å²) in [5, 5.41) is 2.91. The third-order valence-electron chi connectivity index (χ3n) is 5.62. The molecule has 0 aliphatic heterocycles. The number of fused-ring (bicyclic) bond motifs is 1. The molecule has 0 radical (unpaired) electrons. The van der Waals surface area contributed by atoms with Gasteiger partial charge in [-0.15, -0.1) is 0 Å². The van der Waals surface area contributed by atoms with E-state index in [9.17, 15) is 9.59 Å². The number of imidazole rings is 1. The van der Waals surface area contributed by atoms with Crippen molar-refractivity contribution in [3.8, 4) is 5.75 Å². The summed E-state index contributed by atoms with van der Waals surface area (Å²) in [5.41, 5.74) is 3.46. The largest absolute Gasteiger partial charge is 0.486 e. The van der Waals surface area contributed by atoms with Crippen molar-refractivity contribution in [1.29, 1.82) is 0 Å². The molecule has 1 N–H and O–H groups in total. The van der Waals surface area contributed by atoms with Gasteiger partial charge in [-0.1, -0.05) is 55.5 Å². The minimum atomic E-state index is -0.236. The maximum absolute atomic E-state index is 13.0. The normalized spacial score (nSPS) is 10.8. The standard InChI is InChI=1S/C27H28N4O3/c1-3-20-11-7-8-14-22(20)29-26(32)17-30(2)27(33)18-31-24-16-10-9-15-23(24)28-25(31)19-34-21-12-5-4-6-13-21/h4-16H,3,17-19H2,1-2H3,(H,29,32). The molecule has 0 aliphatic carbocycles. The predicted octanol–water partition coefficient (Wildman–Crippen LogP) is 4.27. The first kappa shape index (κ1) is 23.0. The lowest BCUT2D eigenvalue weighted by Gasteiger charge is -2.19. The first-order chi connectivity index (χ1) is 16.5. The molecule has 0 saturated heterocycles. The number of ether oxygens (including phenoxy) is 1. The number of carbonyl (C=O) groups excluding carboxylic acids is 2. The molecule has 1 aromatic heterocycles. The highest BCUT2D eigenvalue weighted by Crippen LogP contribution is 2.19. The fourth-order valence-corrected chi connectivity index (χ4v) is 3.78. The van der Waals surface area contributed by atoms with Gasteiger partial charge < -0.3 is 19.5 Å². The van der Waals surface area contributed by atoms with Crippen molar-refractivity contribution in [2.45, 2.75) is 26.5 Å². The number of anilines is 1. The average molecular weight is 457 g/mol. The molecular weight excluding hydrogens is 428 g/mol. The molecule has 0 spiro atoms. The maximum atomic E-state index is 13.0. The van der Waals surface area contributed by atoms with E-state index in [0.717, 1.165) is 34.5 Å². The first-order valence-electron chi connectivity index (χ1n) is 11.3. The second-order valence-electron chi connectivity index (χ2n) is 8.01. The quantitative estimate of drug-likeness (QED) is 0.408. The SMILES string of the molecule is CCc1ccccc1NC(=O)CN(C)C(=O)Cn1c(COc2ccccc2)nc2ccccc21. The zero-order valence-corrected chi connectivity index (χ0v) is 19.4. The van der Waals surface area contributed by atoms with Crippen LogP contribution >= 0.6 is 0 Å². The van der Waals surface area contributed by atoms with Crippen molar-refractivity contribution >= 4 is 28.5 Å². The Kier molecular flexibility index (Phi) is 7.22. The van der Waals surface area contributed by atoms with Gasteiger partial charge >= 0.3 is 0 Å². The lowest BCUT2D eigenvalue weighted by molar-refractivity contribution is -0.133. The summed E-state index contributed by atoms with van der Waals surface area (Å²) in [6.07, 6.45) is 0.812. The molecule has 0 aliphatic rings. The summed E-state index contributed by atoms with van der Waals surface area (Å²) in [4.78, 5) is 31.7. The number of nitrogens with zero attached hydrogens (tertiary/aromatic N) is 3. The molecule has 174 valence electrons. The number of aryl methyl sites for hydroxylation is 1. The van der Waals surface area contributed by atoms with Gasteiger partial charge in [-0.3, -0.25) is 9.59 Å². The molecule has 7 heteroatoms. The van der Waals surface area contributed by atoms with Crippen LogP contribution in [-0.4, -0.2) is 39.9 Å². The van der Waals surface area contributed by atoms with Crippen LogP contribution in [-0.2, 0) is 29.2 Å². The Hall–Kier alpha value is -4.13. The van der Waals surface area contributed by atoms with Gasteiger partial charge in [0, 0.05) is 12.7 Å². The third kappa shape index (κ3) is 5.43. The Morgan fingerprint density at radius 2 is 1.68 bits per heavy atom. The van der Waals surface area contributed by atoms with E-state index in [1.54, 1.807) is 7.05 Å². The minimum Gasteiger partial charge on any atom is -0.486 e. The van der Waals surface area contributed by atoms with Gasteiger partial charge in [0.1, 0.15) is 24.7 Å². The number of amides is 2. The third-order valence-corrected chi connectivity index (χ3v) is 5.62. The molecular formula is C27H28N4O3. The van der Waals surface area contributed by atoms with Crippen LogP contribution in [0.1, 0.15) is 18.3 Å². The Balaban J connectivity index is 1.45. The van der Waals surface area contributed by atoms with E-state index < -0.39 is 0 Å².